The Morgan fingerprint density at radius 1 is 1.00 bits per heavy atom. The van der Waals surface area contributed by atoms with Crippen molar-refractivity contribution in [1.29, 1.82) is 0 Å². The third-order valence-corrected chi connectivity index (χ3v) is 5.94. The fourth-order valence-electron chi connectivity index (χ4n) is 3.94. The van der Waals surface area contributed by atoms with Crippen molar-refractivity contribution in [2.45, 2.75) is 26.1 Å². The van der Waals surface area contributed by atoms with E-state index in [-0.39, 0.29) is 18.3 Å². The fraction of sp³-hybridized carbons (Fsp3) is 0.296. The molecule has 0 atom stereocenters. The summed E-state index contributed by atoms with van der Waals surface area (Å²) in [6.45, 7) is 5.92. The first-order valence-corrected chi connectivity index (χ1v) is 12.4. The maximum Gasteiger partial charge on any atom is 0.416 e. The summed E-state index contributed by atoms with van der Waals surface area (Å²) in [7, 11) is 0. The van der Waals surface area contributed by atoms with Crippen molar-refractivity contribution in [3.8, 4) is 22.8 Å². The highest BCUT2D eigenvalue weighted by molar-refractivity contribution is 6.03. The van der Waals surface area contributed by atoms with Crippen LogP contribution in [0, 0.1) is 0 Å². The fourth-order valence-corrected chi connectivity index (χ4v) is 3.94. The van der Waals surface area contributed by atoms with E-state index in [0.717, 1.165) is 17.8 Å². The van der Waals surface area contributed by atoms with Crippen LogP contribution in [0.5, 0.6) is 0 Å². The van der Waals surface area contributed by atoms with Gasteiger partial charge in [-0.15, -0.1) is 0 Å². The molecule has 0 aliphatic carbocycles. The van der Waals surface area contributed by atoms with Gasteiger partial charge in [0.15, 0.2) is 5.82 Å². The molecule has 0 saturated carbocycles. The summed E-state index contributed by atoms with van der Waals surface area (Å²) >= 11 is 0. The van der Waals surface area contributed by atoms with Crippen LogP contribution >= 0.6 is 0 Å². The van der Waals surface area contributed by atoms with Crippen molar-refractivity contribution in [1.82, 2.24) is 24.8 Å². The van der Waals surface area contributed by atoms with Crippen LogP contribution in [0.2, 0.25) is 0 Å². The number of benzene rings is 2. The number of hydrogen-bond donors (Lipinski definition) is 5. The zero-order valence-corrected chi connectivity index (χ0v) is 21.5. The molecule has 2 heterocycles. The van der Waals surface area contributed by atoms with Crippen molar-refractivity contribution >= 4 is 17.3 Å². The molecule has 0 unspecified atom stereocenters. The number of alkyl halides is 3. The number of aliphatic hydroxyl groups excluding tert-OH is 1. The summed E-state index contributed by atoms with van der Waals surface area (Å²) < 4.78 is 40.9. The molecule has 0 saturated heterocycles. The predicted octanol–water partition coefficient (Wildman–Crippen LogP) is 4.79. The molecule has 4 rings (SSSR count). The third kappa shape index (κ3) is 6.84. The molecule has 2 aromatic heterocycles. The summed E-state index contributed by atoms with van der Waals surface area (Å²) in [5.74, 6) is -0.0232. The second-order valence-corrected chi connectivity index (χ2v) is 9.10. The van der Waals surface area contributed by atoms with Gasteiger partial charge in [-0.1, -0.05) is 12.1 Å². The number of anilines is 2. The topological polar surface area (TPSA) is 120 Å². The van der Waals surface area contributed by atoms with Gasteiger partial charge in [-0.05, 0) is 50.2 Å². The Bertz CT molecular complexity index is 1380. The number of aliphatic hydroxyl groups is 1. The maximum absolute atomic E-state index is 13.0. The molecule has 4 aromatic rings. The van der Waals surface area contributed by atoms with E-state index in [1.807, 2.05) is 30.5 Å². The summed E-state index contributed by atoms with van der Waals surface area (Å²) in [6, 6.07) is 12.0. The molecule has 0 aliphatic heterocycles. The van der Waals surface area contributed by atoms with Crippen LogP contribution in [0.4, 0.5) is 24.5 Å². The highest BCUT2D eigenvalue weighted by Crippen LogP contribution is 2.34. The van der Waals surface area contributed by atoms with Crippen LogP contribution in [0.3, 0.4) is 0 Å². The number of halogens is 3. The Morgan fingerprint density at radius 3 is 2.33 bits per heavy atom. The first kappa shape index (κ1) is 27.9. The largest absolute Gasteiger partial charge is 0.416 e. The van der Waals surface area contributed by atoms with Crippen LogP contribution in [-0.2, 0) is 6.18 Å². The minimum atomic E-state index is -4.43. The van der Waals surface area contributed by atoms with Gasteiger partial charge in [0.2, 0.25) is 0 Å². The second kappa shape index (κ2) is 12.1. The van der Waals surface area contributed by atoms with E-state index in [4.69, 9.17) is 5.11 Å². The molecule has 0 aliphatic rings. The summed E-state index contributed by atoms with van der Waals surface area (Å²) in [5.41, 5.74) is 2.47. The summed E-state index contributed by atoms with van der Waals surface area (Å²) in [6.07, 6.45) is -1.42. The van der Waals surface area contributed by atoms with Gasteiger partial charge in [-0.25, -0.2) is 9.97 Å². The van der Waals surface area contributed by atoms with E-state index in [2.05, 4.69) is 30.9 Å². The molecule has 0 bridgehead atoms. The Balaban J connectivity index is 1.49. The molecule has 206 valence electrons. The molecular weight excluding hydrogens is 511 g/mol. The van der Waals surface area contributed by atoms with Gasteiger partial charge in [-0.3, -0.25) is 4.79 Å². The van der Waals surface area contributed by atoms with E-state index in [1.54, 1.807) is 18.5 Å². The highest BCUT2D eigenvalue weighted by atomic mass is 19.4. The number of rotatable bonds is 11. The highest BCUT2D eigenvalue weighted by Gasteiger charge is 2.30. The molecule has 0 radical (unpaired) electrons. The first-order chi connectivity index (χ1) is 18.7. The van der Waals surface area contributed by atoms with Gasteiger partial charge < -0.3 is 30.6 Å². The standard InChI is InChI=1S/C27H30F3N7O2/c1-17(2)37-16-34-23(18-3-5-19(6-4-18)27(28,29)30)24(37)25-33-15-22(36-25)26(39)35-21-9-7-20(8-10-21)32-12-11-31-13-14-38/h3-10,15-17,31-32,38H,11-14H2,1-2H3,(H,33,36)(H,35,39). The monoisotopic (exact) mass is 541 g/mol. The average Bonchev–Trinajstić information content (AvgIpc) is 3.57. The van der Waals surface area contributed by atoms with E-state index in [0.29, 0.717) is 48.1 Å². The number of amides is 1. The Hall–Kier alpha value is -4.16. The molecule has 9 nitrogen and oxygen atoms in total. The molecule has 2 aromatic carbocycles. The van der Waals surface area contributed by atoms with Crippen molar-refractivity contribution in [3.63, 3.8) is 0 Å². The first-order valence-electron chi connectivity index (χ1n) is 12.4. The van der Waals surface area contributed by atoms with Gasteiger partial charge >= 0.3 is 6.18 Å². The quantitative estimate of drug-likeness (QED) is 0.174. The lowest BCUT2D eigenvalue weighted by atomic mass is 10.1. The third-order valence-electron chi connectivity index (χ3n) is 5.94. The van der Waals surface area contributed by atoms with Crippen molar-refractivity contribution in [2.24, 2.45) is 0 Å². The number of imidazole rings is 2. The summed E-state index contributed by atoms with van der Waals surface area (Å²) in [4.78, 5) is 24.8. The van der Waals surface area contributed by atoms with Crippen molar-refractivity contribution in [3.05, 3.63) is 72.3 Å². The Labute approximate surface area is 223 Å². The van der Waals surface area contributed by atoms with Crippen LogP contribution in [0.25, 0.3) is 22.8 Å². The number of carbonyl (C=O) groups is 1. The summed E-state index contributed by atoms with van der Waals surface area (Å²) in [5, 5.41) is 17.9. The number of nitrogens with one attached hydrogen (secondary N) is 4. The van der Waals surface area contributed by atoms with E-state index in [9.17, 15) is 18.0 Å². The van der Waals surface area contributed by atoms with Gasteiger partial charge in [0.25, 0.3) is 5.91 Å². The SMILES string of the molecule is CC(C)n1cnc(-c2ccc(C(F)(F)F)cc2)c1-c1ncc(C(=O)Nc2ccc(NCCNCCO)cc2)[nH]1. The Morgan fingerprint density at radius 2 is 1.69 bits per heavy atom. The van der Waals surface area contributed by atoms with Crippen molar-refractivity contribution in [2.75, 3.05) is 36.9 Å². The van der Waals surface area contributed by atoms with Crippen LogP contribution in [-0.4, -0.2) is 56.8 Å². The van der Waals surface area contributed by atoms with E-state index < -0.39 is 17.6 Å². The second-order valence-electron chi connectivity index (χ2n) is 9.10. The van der Waals surface area contributed by atoms with Crippen molar-refractivity contribution < 1.29 is 23.1 Å². The normalized spacial score (nSPS) is 11.7. The predicted molar refractivity (Wildman–Crippen MR) is 143 cm³/mol. The van der Waals surface area contributed by atoms with Gasteiger partial charge in [0.1, 0.15) is 11.4 Å². The lowest BCUT2D eigenvalue weighted by molar-refractivity contribution is -0.137. The zero-order chi connectivity index (χ0) is 28.0. The minimum absolute atomic E-state index is 0.0179. The van der Waals surface area contributed by atoms with Gasteiger partial charge in [-0.2, -0.15) is 13.2 Å². The smallest absolute Gasteiger partial charge is 0.395 e. The van der Waals surface area contributed by atoms with Crippen LogP contribution in [0.15, 0.2) is 61.1 Å². The number of H-pyrrole nitrogens is 1. The average molecular weight is 542 g/mol. The molecule has 39 heavy (non-hydrogen) atoms. The number of hydrogen-bond acceptors (Lipinski definition) is 6. The molecule has 12 heteroatoms. The maximum atomic E-state index is 13.0. The number of nitrogens with zero attached hydrogens (tertiary/aromatic N) is 3. The number of aromatic amines is 1. The number of aromatic nitrogens is 4. The minimum Gasteiger partial charge on any atom is -0.395 e. The molecule has 1 amide bonds. The van der Waals surface area contributed by atoms with E-state index >= 15 is 0 Å². The van der Waals surface area contributed by atoms with Crippen LogP contribution in [0.1, 0.15) is 35.9 Å². The number of carbonyl (C=O) groups excluding carboxylic acids is 1. The van der Waals surface area contributed by atoms with Crippen LogP contribution < -0.4 is 16.0 Å². The van der Waals surface area contributed by atoms with E-state index in [1.165, 1.54) is 18.3 Å². The lowest BCUT2D eigenvalue weighted by Crippen LogP contribution is -2.24. The zero-order valence-electron chi connectivity index (χ0n) is 21.5. The Kier molecular flexibility index (Phi) is 8.67. The molecule has 5 N–H and O–H groups in total. The molecular formula is C27H30F3N7O2. The molecule has 0 spiro atoms. The lowest BCUT2D eigenvalue weighted by Gasteiger charge is -2.12. The van der Waals surface area contributed by atoms with Gasteiger partial charge in [0.05, 0.1) is 30.4 Å². The van der Waals surface area contributed by atoms with Gasteiger partial charge in [0, 0.05) is 42.6 Å². The molecule has 0 fully saturated rings.